The van der Waals surface area contributed by atoms with Crippen molar-refractivity contribution in [2.24, 2.45) is 0 Å². The van der Waals surface area contributed by atoms with Gasteiger partial charge in [0.2, 0.25) is 11.8 Å². The smallest absolute Gasteiger partial charge is 0.234 e. The highest BCUT2D eigenvalue weighted by atomic mass is 16.2. The third-order valence-electron chi connectivity index (χ3n) is 4.27. The van der Waals surface area contributed by atoms with E-state index in [4.69, 9.17) is 0 Å². The summed E-state index contributed by atoms with van der Waals surface area (Å²) in [7, 11) is 0. The molecule has 2 N–H and O–H groups in total. The Morgan fingerprint density at radius 1 is 1.25 bits per heavy atom. The van der Waals surface area contributed by atoms with Crippen molar-refractivity contribution >= 4 is 11.8 Å². The van der Waals surface area contributed by atoms with Crippen molar-refractivity contribution in [2.45, 2.75) is 33.2 Å². The normalized spacial score (nSPS) is 16.2. The zero-order valence-corrected chi connectivity index (χ0v) is 14.8. The molecule has 0 unspecified atom stereocenters. The van der Waals surface area contributed by atoms with Gasteiger partial charge in [0.15, 0.2) is 0 Å². The molecule has 1 aromatic rings. The number of hydrogen-bond acceptors (Lipinski definition) is 3. The van der Waals surface area contributed by atoms with Crippen LogP contribution in [0, 0.1) is 6.92 Å². The summed E-state index contributed by atoms with van der Waals surface area (Å²) >= 11 is 0. The summed E-state index contributed by atoms with van der Waals surface area (Å²) in [6.45, 7) is 8.19. The van der Waals surface area contributed by atoms with E-state index in [-0.39, 0.29) is 17.9 Å². The van der Waals surface area contributed by atoms with Crippen LogP contribution in [0.1, 0.15) is 37.4 Å². The Kier molecular flexibility index (Phi) is 6.55. The summed E-state index contributed by atoms with van der Waals surface area (Å²) in [5, 5.41) is 5.87. The SMILES string of the molecule is CC(=O)NCC1=CCN(CC(=O)N[C@H](C)c2ccc(C)cc2)CC1. The lowest BCUT2D eigenvalue weighted by Crippen LogP contribution is -2.40. The number of aryl methyl sites for hydroxylation is 1. The van der Waals surface area contributed by atoms with Crippen LogP contribution in [-0.2, 0) is 9.59 Å². The fourth-order valence-corrected chi connectivity index (χ4v) is 2.72. The average Bonchev–Trinajstić information content (AvgIpc) is 2.54. The lowest BCUT2D eigenvalue weighted by molar-refractivity contribution is -0.122. The monoisotopic (exact) mass is 329 g/mol. The predicted molar refractivity (Wildman–Crippen MR) is 95.6 cm³/mol. The second kappa shape index (κ2) is 8.64. The largest absolute Gasteiger partial charge is 0.353 e. The molecular weight excluding hydrogens is 302 g/mol. The lowest BCUT2D eigenvalue weighted by Gasteiger charge is -2.26. The Morgan fingerprint density at radius 3 is 2.54 bits per heavy atom. The maximum Gasteiger partial charge on any atom is 0.234 e. The summed E-state index contributed by atoms with van der Waals surface area (Å²) in [6, 6.07) is 8.23. The Hall–Kier alpha value is -2.14. The lowest BCUT2D eigenvalue weighted by atomic mass is 10.1. The average molecular weight is 329 g/mol. The highest BCUT2D eigenvalue weighted by Crippen LogP contribution is 2.13. The minimum atomic E-state index is -0.0113. The fourth-order valence-electron chi connectivity index (χ4n) is 2.72. The summed E-state index contributed by atoms with van der Waals surface area (Å²) in [5.74, 6) is 0.0320. The first kappa shape index (κ1) is 18.2. The fraction of sp³-hybridized carbons (Fsp3) is 0.474. The molecule has 24 heavy (non-hydrogen) atoms. The number of rotatable bonds is 6. The van der Waals surface area contributed by atoms with E-state index >= 15 is 0 Å². The molecule has 0 spiro atoms. The van der Waals surface area contributed by atoms with Crippen LogP contribution >= 0.6 is 0 Å². The van der Waals surface area contributed by atoms with Crippen molar-refractivity contribution in [2.75, 3.05) is 26.2 Å². The van der Waals surface area contributed by atoms with Gasteiger partial charge in [0.1, 0.15) is 0 Å². The van der Waals surface area contributed by atoms with Crippen LogP contribution in [0.5, 0.6) is 0 Å². The number of amides is 2. The van der Waals surface area contributed by atoms with Crippen LogP contribution in [0.2, 0.25) is 0 Å². The standard InChI is InChI=1S/C19H27N3O2/c1-14-4-6-18(7-5-14)15(2)21-19(24)13-22-10-8-17(9-11-22)12-20-16(3)23/h4-8,15H,9-13H2,1-3H3,(H,20,23)(H,21,24)/t15-/m1/s1. The molecule has 0 radical (unpaired) electrons. The molecular formula is C19H27N3O2. The van der Waals surface area contributed by atoms with E-state index in [9.17, 15) is 9.59 Å². The van der Waals surface area contributed by atoms with Gasteiger partial charge in [-0.15, -0.1) is 0 Å². The Bertz CT molecular complexity index is 608. The number of nitrogens with one attached hydrogen (secondary N) is 2. The molecule has 2 amide bonds. The van der Waals surface area contributed by atoms with Gasteiger partial charge in [-0.05, 0) is 25.8 Å². The maximum atomic E-state index is 12.2. The van der Waals surface area contributed by atoms with Crippen molar-refractivity contribution < 1.29 is 9.59 Å². The van der Waals surface area contributed by atoms with Crippen molar-refractivity contribution in [3.63, 3.8) is 0 Å². The number of benzene rings is 1. The number of hydrogen-bond donors (Lipinski definition) is 2. The van der Waals surface area contributed by atoms with Gasteiger partial charge in [0.25, 0.3) is 0 Å². The molecule has 2 rings (SSSR count). The minimum absolute atomic E-state index is 0.00811. The molecule has 0 aromatic heterocycles. The summed E-state index contributed by atoms with van der Waals surface area (Å²) in [5.41, 5.74) is 3.56. The van der Waals surface area contributed by atoms with E-state index in [0.29, 0.717) is 13.1 Å². The molecule has 1 atom stereocenters. The van der Waals surface area contributed by atoms with E-state index in [1.54, 1.807) is 0 Å². The quantitative estimate of drug-likeness (QED) is 0.784. The van der Waals surface area contributed by atoms with Crippen molar-refractivity contribution in [1.82, 2.24) is 15.5 Å². The molecule has 5 heteroatoms. The van der Waals surface area contributed by atoms with Gasteiger partial charge >= 0.3 is 0 Å². The van der Waals surface area contributed by atoms with Gasteiger partial charge in [-0.3, -0.25) is 14.5 Å². The van der Waals surface area contributed by atoms with Crippen molar-refractivity contribution in [3.05, 3.63) is 47.0 Å². The van der Waals surface area contributed by atoms with Gasteiger partial charge in [-0.25, -0.2) is 0 Å². The zero-order valence-electron chi connectivity index (χ0n) is 14.8. The van der Waals surface area contributed by atoms with Crippen molar-refractivity contribution in [3.8, 4) is 0 Å². The minimum Gasteiger partial charge on any atom is -0.353 e. The Labute approximate surface area is 144 Å². The van der Waals surface area contributed by atoms with E-state index in [2.05, 4.69) is 52.8 Å². The highest BCUT2D eigenvalue weighted by molar-refractivity contribution is 5.78. The van der Waals surface area contributed by atoms with Crippen LogP contribution < -0.4 is 10.6 Å². The van der Waals surface area contributed by atoms with Crippen LogP contribution in [-0.4, -0.2) is 42.9 Å². The molecule has 1 heterocycles. The zero-order chi connectivity index (χ0) is 17.5. The molecule has 0 aliphatic carbocycles. The second-order valence-electron chi connectivity index (χ2n) is 6.46. The molecule has 1 aliphatic heterocycles. The highest BCUT2D eigenvalue weighted by Gasteiger charge is 2.16. The van der Waals surface area contributed by atoms with Gasteiger partial charge in [-0.2, -0.15) is 0 Å². The Morgan fingerprint density at radius 2 is 1.96 bits per heavy atom. The predicted octanol–water partition coefficient (Wildman–Crippen LogP) is 1.94. The van der Waals surface area contributed by atoms with Crippen LogP contribution in [0.4, 0.5) is 0 Å². The van der Waals surface area contributed by atoms with Crippen LogP contribution in [0.3, 0.4) is 0 Å². The number of carbonyl (C=O) groups excluding carboxylic acids is 2. The molecule has 0 bridgehead atoms. The van der Waals surface area contributed by atoms with Gasteiger partial charge in [0, 0.05) is 26.6 Å². The summed E-state index contributed by atoms with van der Waals surface area (Å²) in [6.07, 6.45) is 3.00. The number of nitrogens with zero attached hydrogens (tertiary/aromatic N) is 1. The third-order valence-corrected chi connectivity index (χ3v) is 4.27. The Balaban J connectivity index is 1.77. The molecule has 1 aromatic carbocycles. The topological polar surface area (TPSA) is 61.4 Å². The van der Waals surface area contributed by atoms with E-state index in [0.717, 1.165) is 25.1 Å². The van der Waals surface area contributed by atoms with Gasteiger partial charge in [0.05, 0.1) is 12.6 Å². The second-order valence-corrected chi connectivity index (χ2v) is 6.46. The molecule has 0 saturated carbocycles. The van der Waals surface area contributed by atoms with Crippen LogP contribution in [0.25, 0.3) is 0 Å². The first-order valence-corrected chi connectivity index (χ1v) is 8.44. The van der Waals surface area contributed by atoms with E-state index < -0.39 is 0 Å². The summed E-state index contributed by atoms with van der Waals surface area (Å²) < 4.78 is 0. The molecule has 0 fully saturated rings. The number of carbonyl (C=O) groups is 2. The van der Waals surface area contributed by atoms with E-state index in [1.807, 2.05) is 6.92 Å². The first-order valence-electron chi connectivity index (χ1n) is 8.44. The first-order chi connectivity index (χ1) is 11.4. The summed E-state index contributed by atoms with van der Waals surface area (Å²) in [4.78, 5) is 25.3. The van der Waals surface area contributed by atoms with Crippen molar-refractivity contribution in [1.29, 1.82) is 0 Å². The maximum absolute atomic E-state index is 12.2. The van der Waals surface area contributed by atoms with Gasteiger partial charge < -0.3 is 10.6 Å². The molecule has 130 valence electrons. The van der Waals surface area contributed by atoms with E-state index in [1.165, 1.54) is 18.1 Å². The molecule has 0 saturated heterocycles. The van der Waals surface area contributed by atoms with Crippen LogP contribution in [0.15, 0.2) is 35.9 Å². The molecule has 5 nitrogen and oxygen atoms in total. The van der Waals surface area contributed by atoms with Gasteiger partial charge in [-0.1, -0.05) is 41.5 Å². The molecule has 1 aliphatic rings. The third kappa shape index (κ3) is 5.81.